The summed E-state index contributed by atoms with van der Waals surface area (Å²) in [5.74, 6) is -0.800. The highest BCUT2D eigenvalue weighted by Gasteiger charge is 2.17. The molecule has 0 aromatic heterocycles. The van der Waals surface area contributed by atoms with Crippen molar-refractivity contribution >= 4 is 17.3 Å². The van der Waals surface area contributed by atoms with Crippen molar-refractivity contribution in [1.82, 2.24) is 0 Å². The highest BCUT2D eigenvalue weighted by atomic mass is 16.6. The van der Waals surface area contributed by atoms with E-state index in [1.54, 1.807) is 6.92 Å². The van der Waals surface area contributed by atoms with Crippen molar-refractivity contribution in [2.24, 2.45) is 0 Å². The van der Waals surface area contributed by atoms with Gasteiger partial charge in [-0.15, -0.1) is 0 Å². The summed E-state index contributed by atoms with van der Waals surface area (Å²) in [6, 6.07) is 4.16. The summed E-state index contributed by atoms with van der Waals surface area (Å²) in [6.45, 7) is 1.45. The fourth-order valence-corrected chi connectivity index (χ4v) is 1.47. The monoisotopic (exact) mass is 251 g/mol. The first-order valence-electron chi connectivity index (χ1n) is 5.24. The van der Waals surface area contributed by atoms with E-state index in [-0.39, 0.29) is 30.1 Å². The van der Waals surface area contributed by atoms with Gasteiger partial charge in [0, 0.05) is 24.3 Å². The van der Waals surface area contributed by atoms with Gasteiger partial charge in [0.2, 0.25) is 0 Å². The number of hydrogen-bond donors (Lipinski definition) is 0. The lowest BCUT2D eigenvalue weighted by molar-refractivity contribution is -0.385. The molecular formula is C12H13NO5. The van der Waals surface area contributed by atoms with Crippen LogP contribution in [0.1, 0.15) is 22.3 Å². The minimum atomic E-state index is -0.552. The maximum Gasteiger partial charge on any atom is 0.273 e. The third kappa shape index (κ3) is 3.46. The molecule has 0 unspecified atom stereocenters. The quantitative estimate of drug-likeness (QED) is 0.332. The van der Waals surface area contributed by atoms with Crippen molar-refractivity contribution in [1.29, 1.82) is 0 Å². The number of ketones is 2. The number of carbonyl (C=O) groups is 2. The Morgan fingerprint density at radius 3 is 2.61 bits per heavy atom. The minimum Gasteiger partial charge on any atom is -0.377 e. The molecule has 0 spiro atoms. The number of nitro benzene ring substituents is 1. The Kier molecular flexibility index (Phi) is 4.67. The molecule has 0 aliphatic rings. The second-order valence-electron chi connectivity index (χ2n) is 3.83. The van der Waals surface area contributed by atoms with Crippen LogP contribution >= 0.6 is 0 Å². The number of aryl methyl sites for hydroxylation is 1. The number of benzene rings is 1. The average molecular weight is 251 g/mol. The zero-order valence-corrected chi connectivity index (χ0v) is 10.1. The first kappa shape index (κ1) is 14.0. The summed E-state index contributed by atoms with van der Waals surface area (Å²) in [5, 5.41) is 10.7. The molecule has 0 saturated heterocycles. The Morgan fingerprint density at radius 2 is 2.06 bits per heavy atom. The van der Waals surface area contributed by atoms with Gasteiger partial charge in [-0.3, -0.25) is 19.7 Å². The summed E-state index contributed by atoms with van der Waals surface area (Å²) < 4.78 is 4.61. The van der Waals surface area contributed by atoms with Crippen LogP contribution in [0, 0.1) is 17.0 Å². The fourth-order valence-electron chi connectivity index (χ4n) is 1.47. The molecule has 0 radical (unpaired) electrons. The third-order valence-corrected chi connectivity index (χ3v) is 2.39. The van der Waals surface area contributed by atoms with Crippen molar-refractivity contribution in [2.45, 2.75) is 13.3 Å². The molecule has 0 N–H and O–H groups in total. The van der Waals surface area contributed by atoms with Gasteiger partial charge in [-0.1, -0.05) is 12.1 Å². The molecule has 0 amide bonds. The molecule has 1 aromatic carbocycles. The van der Waals surface area contributed by atoms with E-state index >= 15 is 0 Å². The van der Waals surface area contributed by atoms with Gasteiger partial charge in [0.15, 0.2) is 11.6 Å². The van der Waals surface area contributed by atoms with Crippen LogP contribution in [0.5, 0.6) is 0 Å². The zero-order valence-electron chi connectivity index (χ0n) is 10.1. The molecule has 0 saturated carbocycles. The van der Waals surface area contributed by atoms with Gasteiger partial charge in [-0.05, 0) is 6.92 Å². The third-order valence-electron chi connectivity index (χ3n) is 2.39. The van der Waals surface area contributed by atoms with E-state index in [4.69, 9.17) is 0 Å². The molecule has 0 fully saturated rings. The lowest BCUT2D eigenvalue weighted by Gasteiger charge is -2.02. The number of nitrogens with zero attached hydrogens (tertiary/aromatic N) is 1. The number of ether oxygens (including phenoxy) is 1. The molecule has 0 heterocycles. The molecule has 1 rings (SSSR count). The van der Waals surface area contributed by atoms with Gasteiger partial charge >= 0.3 is 0 Å². The fraction of sp³-hybridized carbons (Fsp3) is 0.333. The van der Waals surface area contributed by atoms with E-state index in [0.717, 1.165) is 0 Å². The zero-order chi connectivity index (χ0) is 13.7. The highest BCUT2D eigenvalue weighted by Crippen LogP contribution is 2.20. The maximum absolute atomic E-state index is 11.7. The summed E-state index contributed by atoms with van der Waals surface area (Å²) in [5.41, 5.74) is 0.511. The van der Waals surface area contributed by atoms with Crippen LogP contribution < -0.4 is 0 Å². The number of methoxy groups -OCH3 is 1. The van der Waals surface area contributed by atoms with E-state index in [1.807, 2.05) is 0 Å². The summed E-state index contributed by atoms with van der Waals surface area (Å²) in [6.07, 6.45) is -0.311. The van der Waals surface area contributed by atoms with E-state index in [2.05, 4.69) is 4.74 Å². The van der Waals surface area contributed by atoms with Crippen LogP contribution in [0.25, 0.3) is 0 Å². The van der Waals surface area contributed by atoms with Crippen molar-refractivity contribution in [3.8, 4) is 0 Å². The lowest BCUT2D eigenvalue weighted by Crippen LogP contribution is -2.13. The van der Waals surface area contributed by atoms with E-state index in [0.29, 0.717) is 5.56 Å². The first-order valence-corrected chi connectivity index (χ1v) is 5.24. The second-order valence-corrected chi connectivity index (χ2v) is 3.83. The van der Waals surface area contributed by atoms with Gasteiger partial charge in [-0.25, -0.2) is 0 Å². The first-order chi connectivity index (χ1) is 8.45. The number of hydrogen-bond acceptors (Lipinski definition) is 5. The SMILES string of the molecule is COCC(=O)CC(=O)c1ccc(C)c([N+](=O)[O-])c1. The average Bonchev–Trinajstić information content (AvgIpc) is 2.29. The molecule has 6 nitrogen and oxygen atoms in total. The Labute approximate surface area is 104 Å². The summed E-state index contributed by atoms with van der Waals surface area (Å²) in [4.78, 5) is 33.1. The number of rotatable bonds is 6. The molecule has 0 atom stereocenters. The van der Waals surface area contributed by atoms with Crippen LogP contribution in [0.4, 0.5) is 5.69 Å². The molecule has 1 aromatic rings. The Hall–Kier alpha value is -2.08. The Morgan fingerprint density at radius 1 is 1.39 bits per heavy atom. The van der Waals surface area contributed by atoms with Crippen molar-refractivity contribution in [3.05, 3.63) is 39.4 Å². The smallest absolute Gasteiger partial charge is 0.273 e. The van der Waals surface area contributed by atoms with Crippen molar-refractivity contribution < 1.29 is 19.2 Å². The predicted octanol–water partition coefficient (Wildman–Crippen LogP) is 1.69. The van der Waals surface area contributed by atoms with E-state index in [9.17, 15) is 19.7 Å². The van der Waals surface area contributed by atoms with Gasteiger partial charge in [-0.2, -0.15) is 0 Å². The number of carbonyl (C=O) groups excluding carboxylic acids is 2. The largest absolute Gasteiger partial charge is 0.377 e. The summed E-state index contributed by atoms with van der Waals surface area (Å²) in [7, 11) is 1.36. The number of nitro groups is 1. The van der Waals surface area contributed by atoms with Crippen molar-refractivity contribution in [2.75, 3.05) is 13.7 Å². The number of Topliss-reactive ketones (excluding diaryl/α,β-unsaturated/α-hetero) is 2. The maximum atomic E-state index is 11.7. The molecule has 0 aliphatic carbocycles. The van der Waals surface area contributed by atoms with E-state index < -0.39 is 10.7 Å². The van der Waals surface area contributed by atoms with E-state index in [1.165, 1.54) is 25.3 Å². The van der Waals surface area contributed by atoms with Crippen LogP contribution in [-0.4, -0.2) is 30.2 Å². The highest BCUT2D eigenvalue weighted by molar-refractivity contribution is 6.08. The van der Waals surface area contributed by atoms with Gasteiger partial charge in [0.25, 0.3) is 5.69 Å². The van der Waals surface area contributed by atoms with Crippen LogP contribution in [-0.2, 0) is 9.53 Å². The molecule has 6 heteroatoms. The Bertz CT molecular complexity index is 495. The lowest BCUT2D eigenvalue weighted by atomic mass is 10.0. The standard InChI is InChI=1S/C12H13NO5/c1-8-3-4-9(5-11(8)13(16)17)12(15)6-10(14)7-18-2/h3-5H,6-7H2,1-2H3. The predicted molar refractivity (Wildman–Crippen MR) is 63.7 cm³/mol. The van der Waals surface area contributed by atoms with Crippen molar-refractivity contribution in [3.63, 3.8) is 0 Å². The Balaban J connectivity index is 2.90. The van der Waals surface area contributed by atoms with Gasteiger partial charge in [0.1, 0.15) is 6.61 Å². The van der Waals surface area contributed by atoms with Gasteiger partial charge in [0.05, 0.1) is 11.3 Å². The van der Waals surface area contributed by atoms with Crippen LogP contribution in [0.15, 0.2) is 18.2 Å². The minimum absolute atomic E-state index is 0.125. The molecule has 0 bridgehead atoms. The summed E-state index contributed by atoms with van der Waals surface area (Å²) >= 11 is 0. The molecule has 18 heavy (non-hydrogen) atoms. The molecule has 96 valence electrons. The second kappa shape index (κ2) is 6.02. The normalized spacial score (nSPS) is 10.1. The van der Waals surface area contributed by atoms with Crippen LogP contribution in [0.3, 0.4) is 0 Å². The van der Waals surface area contributed by atoms with Gasteiger partial charge < -0.3 is 4.74 Å². The molecule has 0 aliphatic heterocycles. The molecular weight excluding hydrogens is 238 g/mol. The van der Waals surface area contributed by atoms with Crippen LogP contribution in [0.2, 0.25) is 0 Å². The topological polar surface area (TPSA) is 86.5 Å².